The molecule has 1 atom stereocenters. The molecule has 0 bridgehead atoms. The second-order valence-corrected chi connectivity index (χ2v) is 9.60. The van der Waals surface area contributed by atoms with Gasteiger partial charge in [-0.1, -0.05) is 76.7 Å². The monoisotopic (exact) mass is 497 g/mol. The van der Waals surface area contributed by atoms with Gasteiger partial charge in [0, 0.05) is 11.1 Å². The molecule has 3 aromatic rings. The van der Waals surface area contributed by atoms with Crippen molar-refractivity contribution in [3.05, 3.63) is 96.4 Å². The van der Waals surface area contributed by atoms with Gasteiger partial charge in [-0.05, 0) is 43.2 Å². The minimum absolute atomic E-state index is 0.0420. The first-order valence-electron chi connectivity index (χ1n) is 8.69. The van der Waals surface area contributed by atoms with Gasteiger partial charge in [-0.3, -0.25) is 14.2 Å². The Morgan fingerprint density at radius 2 is 1.30 bits per heavy atom. The second kappa shape index (κ2) is 9.18. The number of aryl methyl sites for hydroxylation is 2. The Balaban J connectivity index is 2.13. The lowest BCUT2D eigenvalue weighted by Crippen LogP contribution is -2.17. The van der Waals surface area contributed by atoms with Crippen molar-refractivity contribution in [3.8, 4) is 0 Å². The molecule has 0 amide bonds. The molecule has 0 fully saturated rings. The van der Waals surface area contributed by atoms with Gasteiger partial charge in [0.05, 0.1) is 31.0 Å². The zero-order valence-corrected chi connectivity index (χ0v) is 19.7. The smallest absolute Gasteiger partial charge is 0.247 e. The van der Waals surface area contributed by atoms with Gasteiger partial charge in [0.25, 0.3) is 0 Å². The van der Waals surface area contributed by atoms with Crippen LogP contribution in [0.15, 0.2) is 48.5 Å². The fraction of sp³-hybridized carbons (Fsp3) is 0.0909. The van der Waals surface area contributed by atoms with Crippen LogP contribution in [0, 0.1) is 13.8 Å². The van der Waals surface area contributed by atoms with E-state index in [4.69, 9.17) is 46.4 Å². The lowest BCUT2D eigenvalue weighted by atomic mass is 10.0. The number of ketones is 1. The fourth-order valence-corrected chi connectivity index (χ4v) is 5.48. The molecule has 0 saturated carbocycles. The molecule has 0 aromatic heterocycles. The lowest BCUT2D eigenvalue weighted by Gasteiger charge is -2.13. The van der Waals surface area contributed by atoms with Gasteiger partial charge in [-0.25, -0.2) is 0 Å². The van der Waals surface area contributed by atoms with Gasteiger partial charge in [0.1, 0.15) is 0 Å². The standard InChI is InChI=1S/C22H14Cl4O3P/c1-11-6-5-7-12(2)17(11)22(28)30(29)16-9-4-3-8-13(16)21(27)18-19(25)14(23)10-15(24)20(18)26/h3-10H,1-2H3. The van der Waals surface area contributed by atoms with E-state index in [2.05, 4.69) is 0 Å². The third-order valence-electron chi connectivity index (χ3n) is 4.59. The molecule has 0 spiro atoms. The number of benzene rings is 3. The number of carbonyl (C=O) groups is 2. The average Bonchev–Trinajstić information content (AvgIpc) is 2.71. The Labute approximate surface area is 194 Å². The molecule has 0 aliphatic heterocycles. The maximum atomic E-state index is 13.3. The van der Waals surface area contributed by atoms with E-state index in [1.165, 1.54) is 18.2 Å². The molecule has 3 rings (SSSR count). The largest absolute Gasteiger partial charge is 0.288 e. The van der Waals surface area contributed by atoms with Crippen LogP contribution >= 0.6 is 54.2 Å². The number of hydrogen-bond acceptors (Lipinski definition) is 3. The topological polar surface area (TPSA) is 51.2 Å². The van der Waals surface area contributed by atoms with E-state index in [-0.39, 0.29) is 36.5 Å². The quantitative estimate of drug-likeness (QED) is 0.208. The molecular weight excluding hydrogens is 485 g/mol. The first-order valence-corrected chi connectivity index (χ1v) is 11.5. The van der Waals surface area contributed by atoms with E-state index in [9.17, 15) is 14.2 Å². The van der Waals surface area contributed by atoms with Crippen LogP contribution in [0.5, 0.6) is 0 Å². The lowest BCUT2D eigenvalue weighted by molar-refractivity contribution is 0.103. The number of halogens is 4. The molecule has 8 heteroatoms. The van der Waals surface area contributed by atoms with Crippen LogP contribution in [0.25, 0.3) is 0 Å². The number of hydrogen-bond donors (Lipinski definition) is 0. The van der Waals surface area contributed by atoms with Crippen LogP contribution in [0.3, 0.4) is 0 Å². The summed E-state index contributed by atoms with van der Waals surface area (Å²) in [5.74, 6) is -0.623. The van der Waals surface area contributed by atoms with Crippen LogP contribution in [0.4, 0.5) is 0 Å². The third-order valence-corrected chi connectivity index (χ3v) is 7.58. The molecular formula is C22H14Cl4O3P. The highest BCUT2D eigenvalue weighted by Crippen LogP contribution is 2.39. The molecule has 0 aliphatic carbocycles. The van der Waals surface area contributed by atoms with Crippen molar-refractivity contribution in [3.63, 3.8) is 0 Å². The highest BCUT2D eigenvalue weighted by atomic mass is 35.5. The van der Waals surface area contributed by atoms with Gasteiger partial charge in [-0.15, -0.1) is 0 Å². The van der Waals surface area contributed by atoms with Crippen molar-refractivity contribution in [2.24, 2.45) is 0 Å². The summed E-state index contributed by atoms with van der Waals surface area (Å²) in [5.41, 5.74) is 1.18. The summed E-state index contributed by atoms with van der Waals surface area (Å²) in [6, 6.07) is 12.8. The highest BCUT2D eigenvalue weighted by Gasteiger charge is 2.28. The number of carbonyl (C=O) groups excluding carboxylic acids is 2. The Morgan fingerprint density at radius 3 is 1.87 bits per heavy atom. The predicted molar refractivity (Wildman–Crippen MR) is 124 cm³/mol. The normalized spacial score (nSPS) is 11.3. The molecule has 30 heavy (non-hydrogen) atoms. The first-order chi connectivity index (χ1) is 14.1. The molecule has 3 nitrogen and oxygen atoms in total. The van der Waals surface area contributed by atoms with E-state index in [0.717, 1.165) is 0 Å². The maximum absolute atomic E-state index is 13.3. The molecule has 0 heterocycles. The predicted octanol–water partition coefficient (Wildman–Crippen LogP) is 7.44. The van der Waals surface area contributed by atoms with E-state index in [0.29, 0.717) is 16.7 Å². The van der Waals surface area contributed by atoms with Gasteiger partial charge in [0.2, 0.25) is 5.52 Å². The summed E-state index contributed by atoms with van der Waals surface area (Å²) in [4.78, 5) is 26.3. The average molecular weight is 499 g/mol. The Hall–Kier alpha value is -1.74. The summed E-state index contributed by atoms with van der Waals surface area (Å²) in [6.07, 6.45) is 0. The summed E-state index contributed by atoms with van der Waals surface area (Å²) in [7, 11) is -2.59. The summed E-state index contributed by atoms with van der Waals surface area (Å²) in [5, 5.41) is 0.0727. The fourth-order valence-electron chi connectivity index (χ4n) is 3.11. The second-order valence-electron chi connectivity index (χ2n) is 6.56. The molecule has 0 N–H and O–H groups in total. The van der Waals surface area contributed by atoms with Gasteiger partial charge >= 0.3 is 0 Å². The van der Waals surface area contributed by atoms with Gasteiger partial charge < -0.3 is 0 Å². The molecule has 1 unspecified atom stereocenters. The maximum Gasteiger partial charge on any atom is 0.247 e. The highest BCUT2D eigenvalue weighted by molar-refractivity contribution is 7.71. The molecule has 153 valence electrons. The van der Waals surface area contributed by atoms with Crippen LogP contribution in [0.2, 0.25) is 20.1 Å². The third kappa shape index (κ3) is 4.19. The minimum Gasteiger partial charge on any atom is -0.288 e. The van der Waals surface area contributed by atoms with Crippen molar-refractivity contribution >= 4 is 70.8 Å². The minimum atomic E-state index is -2.59. The van der Waals surface area contributed by atoms with E-state index >= 15 is 0 Å². The van der Waals surface area contributed by atoms with Crippen molar-refractivity contribution in [2.45, 2.75) is 13.8 Å². The van der Waals surface area contributed by atoms with E-state index in [1.54, 1.807) is 38.1 Å². The van der Waals surface area contributed by atoms with Crippen molar-refractivity contribution < 1.29 is 14.2 Å². The Bertz CT molecular complexity index is 1170. The zero-order valence-electron chi connectivity index (χ0n) is 15.8. The van der Waals surface area contributed by atoms with Crippen LogP contribution in [-0.2, 0) is 4.57 Å². The summed E-state index contributed by atoms with van der Waals surface area (Å²) in [6.45, 7) is 3.54. The van der Waals surface area contributed by atoms with Crippen LogP contribution in [0.1, 0.15) is 37.4 Å². The van der Waals surface area contributed by atoms with Crippen LogP contribution < -0.4 is 5.30 Å². The summed E-state index contributed by atoms with van der Waals surface area (Å²) < 4.78 is 13.2. The SMILES string of the molecule is Cc1cccc(C)c1C(=O)[P](=O)c1ccccc1C(=O)c1c(Cl)c(Cl)cc(Cl)c1Cl. The zero-order chi connectivity index (χ0) is 22.2. The van der Waals surface area contributed by atoms with Crippen molar-refractivity contribution in [1.82, 2.24) is 0 Å². The van der Waals surface area contributed by atoms with Crippen molar-refractivity contribution in [1.29, 1.82) is 0 Å². The van der Waals surface area contributed by atoms with E-state index in [1.807, 2.05) is 6.07 Å². The molecule has 1 radical (unpaired) electrons. The van der Waals surface area contributed by atoms with Gasteiger partial charge in [0.15, 0.2) is 13.6 Å². The van der Waals surface area contributed by atoms with Gasteiger partial charge in [-0.2, -0.15) is 0 Å². The molecule has 0 aliphatic rings. The van der Waals surface area contributed by atoms with Crippen LogP contribution in [-0.4, -0.2) is 11.3 Å². The Morgan fingerprint density at radius 1 is 0.767 bits per heavy atom. The first kappa shape index (κ1) is 22.9. The number of rotatable bonds is 5. The van der Waals surface area contributed by atoms with Crippen molar-refractivity contribution in [2.75, 3.05) is 0 Å². The summed E-state index contributed by atoms with van der Waals surface area (Å²) >= 11 is 24.5. The molecule has 0 saturated heterocycles. The van der Waals surface area contributed by atoms with E-state index < -0.39 is 19.1 Å². The Kier molecular flexibility index (Phi) is 7.02. The molecule has 3 aromatic carbocycles.